The summed E-state index contributed by atoms with van der Waals surface area (Å²) in [7, 11) is 1.49. The molecule has 0 amide bonds. The van der Waals surface area contributed by atoms with Crippen LogP contribution in [0.2, 0.25) is 0 Å². The number of rotatable bonds is 4. The molecule has 1 aromatic rings. The predicted octanol–water partition coefficient (Wildman–Crippen LogP) is 1.43. The second-order valence-electron chi connectivity index (χ2n) is 3.24. The Bertz CT molecular complexity index is 358. The highest BCUT2D eigenvalue weighted by Crippen LogP contribution is 2.06. The van der Waals surface area contributed by atoms with Gasteiger partial charge in [-0.1, -0.05) is 13.3 Å². The Morgan fingerprint density at radius 3 is 2.71 bits per heavy atom. The Labute approximate surface area is 83.3 Å². The number of aromatic nitrogens is 2. The van der Waals surface area contributed by atoms with E-state index in [0.717, 1.165) is 30.5 Å². The molecule has 0 saturated carbocycles. The van der Waals surface area contributed by atoms with E-state index < -0.39 is 0 Å². The van der Waals surface area contributed by atoms with Crippen LogP contribution in [0.4, 0.5) is 0 Å². The van der Waals surface area contributed by atoms with Crippen LogP contribution in [0.25, 0.3) is 0 Å². The van der Waals surface area contributed by atoms with Crippen molar-refractivity contribution in [3.63, 3.8) is 0 Å². The van der Waals surface area contributed by atoms with E-state index in [2.05, 4.69) is 16.9 Å². The van der Waals surface area contributed by atoms with Crippen molar-refractivity contribution in [3.8, 4) is 6.01 Å². The van der Waals surface area contributed by atoms with Gasteiger partial charge in [-0.15, -0.1) is 0 Å². The average Bonchev–Trinajstić information content (AvgIpc) is 2.16. The first-order valence-electron chi connectivity index (χ1n) is 4.82. The van der Waals surface area contributed by atoms with Gasteiger partial charge in [0.15, 0.2) is 0 Å². The summed E-state index contributed by atoms with van der Waals surface area (Å²) in [4.78, 5) is 18.3. The molecular formula is C10H16N2O2. The van der Waals surface area contributed by atoms with Crippen LogP contribution in [-0.4, -0.2) is 17.1 Å². The van der Waals surface area contributed by atoms with E-state index in [0.29, 0.717) is 0 Å². The molecular weight excluding hydrogens is 180 g/mol. The Hall–Kier alpha value is -1.32. The second-order valence-corrected chi connectivity index (χ2v) is 3.24. The maximum Gasteiger partial charge on any atom is 0.296 e. The maximum atomic E-state index is 11.6. The summed E-state index contributed by atoms with van der Waals surface area (Å²) in [5.74, 6) is 0. The van der Waals surface area contributed by atoms with Gasteiger partial charge >= 0.3 is 0 Å². The monoisotopic (exact) mass is 196 g/mol. The molecule has 0 aromatic carbocycles. The molecule has 0 aliphatic heterocycles. The first-order chi connectivity index (χ1) is 6.69. The number of aryl methyl sites for hydroxylation is 1. The average molecular weight is 196 g/mol. The van der Waals surface area contributed by atoms with Gasteiger partial charge in [0.2, 0.25) is 0 Å². The van der Waals surface area contributed by atoms with E-state index in [4.69, 9.17) is 4.74 Å². The first kappa shape index (κ1) is 10.8. The van der Waals surface area contributed by atoms with Crippen molar-refractivity contribution in [2.45, 2.75) is 33.1 Å². The zero-order chi connectivity index (χ0) is 10.6. The lowest BCUT2D eigenvalue weighted by Gasteiger charge is -2.04. The first-order valence-corrected chi connectivity index (χ1v) is 4.82. The number of nitrogens with zero attached hydrogens (tertiary/aromatic N) is 1. The second kappa shape index (κ2) is 4.79. The van der Waals surface area contributed by atoms with E-state index in [1.165, 1.54) is 7.11 Å². The van der Waals surface area contributed by atoms with Gasteiger partial charge in [-0.2, -0.15) is 0 Å². The van der Waals surface area contributed by atoms with Crippen LogP contribution in [0.15, 0.2) is 4.79 Å². The summed E-state index contributed by atoms with van der Waals surface area (Å²) in [6, 6.07) is 0.285. The Balaban J connectivity index is 3.00. The number of hydrogen-bond acceptors (Lipinski definition) is 3. The largest absolute Gasteiger partial charge is 0.468 e. The summed E-state index contributed by atoms with van der Waals surface area (Å²) < 4.78 is 4.87. The molecule has 1 rings (SSSR count). The fourth-order valence-corrected chi connectivity index (χ4v) is 1.33. The maximum absolute atomic E-state index is 11.6. The third-order valence-electron chi connectivity index (χ3n) is 2.17. The number of ether oxygens (including phenoxy) is 1. The zero-order valence-electron chi connectivity index (χ0n) is 8.89. The number of unbranched alkanes of at least 4 members (excludes halogenated alkanes) is 1. The molecule has 0 radical (unpaired) electrons. The summed E-state index contributed by atoms with van der Waals surface area (Å²) in [6.45, 7) is 3.93. The lowest BCUT2D eigenvalue weighted by Crippen LogP contribution is -2.17. The molecule has 0 unspecified atom stereocenters. The summed E-state index contributed by atoms with van der Waals surface area (Å²) in [5.41, 5.74) is 1.45. The molecule has 78 valence electrons. The van der Waals surface area contributed by atoms with E-state index >= 15 is 0 Å². The summed E-state index contributed by atoms with van der Waals surface area (Å²) >= 11 is 0. The van der Waals surface area contributed by atoms with Gasteiger partial charge in [0.25, 0.3) is 11.6 Å². The van der Waals surface area contributed by atoms with Crippen molar-refractivity contribution in [2.24, 2.45) is 0 Å². The van der Waals surface area contributed by atoms with Crippen molar-refractivity contribution < 1.29 is 4.74 Å². The number of nitrogens with one attached hydrogen (secondary N) is 1. The molecule has 0 atom stereocenters. The molecule has 1 heterocycles. The highest BCUT2D eigenvalue weighted by atomic mass is 16.5. The van der Waals surface area contributed by atoms with Crippen molar-refractivity contribution in [3.05, 3.63) is 21.6 Å². The molecule has 4 heteroatoms. The van der Waals surface area contributed by atoms with Gasteiger partial charge < -0.3 is 4.74 Å². The fourth-order valence-electron chi connectivity index (χ4n) is 1.33. The molecule has 1 aromatic heterocycles. The highest BCUT2D eigenvalue weighted by molar-refractivity contribution is 5.18. The summed E-state index contributed by atoms with van der Waals surface area (Å²) in [6.07, 6.45) is 2.87. The molecule has 4 nitrogen and oxygen atoms in total. The molecule has 0 bridgehead atoms. The number of H-pyrrole nitrogens is 1. The molecule has 0 saturated heterocycles. The minimum absolute atomic E-state index is 0.0807. The number of hydrogen-bond donors (Lipinski definition) is 1. The van der Waals surface area contributed by atoms with Gasteiger partial charge in [-0.25, -0.2) is 4.98 Å². The van der Waals surface area contributed by atoms with E-state index in [1.807, 2.05) is 6.92 Å². The molecule has 0 fully saturated rings. The van der Waals surface area contributed by atoms with E-state index in [-0.39, 0.29) is 11.6 Å². The standard InChI is InChI=1S/C10H16N2O2/c1-4-5-6-8-7(2)11-10(14-3)12-9(8)13/h4-6H2,1-3H3,(H,11,12,13). The van der Waals surface area contributed by atoms with Gasteiger partial charge in [0.05, 0.1) is 12.8 Å². The lowest BCUT2D eigenvalue weighted by molar-refractivity contribution is 0.376. The van der Waals surface area contributed by atoms with Crippen LogP contribution < -0.4 is 10.3 Å². The van der Waals surface area contributed by atoms with Crippen LogP contribution >= 0.6 is 0 Å². The van der Waals surface area contributed by atoms with Crippen LogP contribution in [0.1, 0.15) is 31.0 Å². The minimum atomic E-state index is -0.0807. The fraction of sp³-hybridized carbons (Fsp3) is 0.600. The quantitative estimate of drug-likeness (QED) is 0.792. The number of aromatic amines is 1. The van der Waals surface area contributed by atoms with Gasteiger partial charge in [-0.05, 0) is 19.8 Å². The van der Waals surface area contributed by atoms with Crippen LogP contribution in [0, 0.1) is 6.92 Å². The third-order valence-corrected chi connectivity index (χ3v) is 2.17. The SMILES string of the molecule is CCCCc1c(C)nc(OC)[nH]c1=O. The smallest absolute Gasteiger partial charge is 0.296 e. The Morgan fingerprint density at radius 1 is 1.50 bits per heavy atom. The van der Waals surface area contributed by atoms with Crippen molar-refractivity contribution in [1.82, 2.24) is 9.97 Å². The minimum Gasteiger partial charge on any atom is -0.468 e. The normalized spacial score (nSPS) is 10.2. The van der Waals surface area contributed by atoms with E-state index in [1.54, 1.807) is 0 Å². The van der Waals surface area contributed by atoms with Gasteiger partial charge in [-0.3, -0.25) is 9.78 Å². The van der Waals surface area contributed by atoms with Crippen molar-refractivity contribution >= 4 is 0 Å². The van der Waals surface area contributed by atoms with Gasteiger partial charge in [0, 0.05) is 5.56 Å². The Kier molecular flexibility index (Phi) is 3.68. The van der Waals surface area contributed by atoms with Gasteiger partial charge in [0.1, 0.15) is 0 Å². The van der Waals surface area contributed by atoms with E-state index in [9.17, 15) is 4.79 Å². The van der Waals surface area contributed by atoms with Crippen LogP contribution in [0.5, 0.6) is 6.01 Å². The molecule has 1 N–H and O–H groups in total. The number of methoxy groups -OCH3 is 1. The predicted molar refractivity (Wildman–Crippen MR) is 54.8 cm³/mol. The summed E-state index contributed by atoms with van der Waals surface area (Å²) in [5, 5.41) is 0. The molecule has 14 heavy (non-hydrogen) atoms. The Morgan fingerprint density at radius 2 is 2.21 bits per heavy atom. The highest BCUT2D eigenvalue weighted by Gasteiger charge is 2.07. The lowest BCUT2D eigenvalue weighted by atomic mass is 10.1. The van der Waals surface area contributed by atoms with Crippen LogP contribution in [-0.2, 0) is 6.42 Å². The zero-order valence-corrected chi connectivity index (χ0v) is 8.89. The molecule has 0 aliphatic carbocycles. The third kappa shape index (κ3) is 2.34. The molecule has 0 spiro atoms. The van der Waals surface area contributed by atoms with Crippen LogP contribution in [0.3, 0.4) is 0 Å². The topological polar surface area (TPSA) is 55.0 Å². The molecule has 0 aliphatic rings. The van der Waals surface area contributed by atoms with Crippen molar-refractivity contribution in [2.75, 3.05) is 7.11 Å². The van der Waals surface area contributed by atoms with Crippen molar-refractivity contribution in [1.29, 1.82) is 0 Å².